The van der Waals surface area contributed by atoms with Crippen molar-refractivity contribution in [3.05, 3.63) is 59.7 Å². The average Bonchev–Trinajstić information content (AvgIpc) is 2.85. The summed E-state index contributed by atoms with van der Waals surface area (Å²) in [4.78, 5) is 4.59. The van der Waals surface area contributed by atoms with E-state index in [1.807, 2.05) is 49.5 Å². The molecule has 182 valence electrons. The van der Waals surface area contributed by atoms with Gasteiger partial charge in [-0.3, -0.25) is 4.99 Å². The minimum absolute atomic E-state index is 0.554. The Bertz CT molecular complexity index is 737. The molecular formula is C30H45NO2. The molecule has 2 aromatic carbocycles. The van der Waals surface area contributed by atoms with Crippen LogP contribution >= 0.6 is 0 Å². The van der Waals surface area contributed by atoms with E-state index in [9.17, 15) is 0 Å². The maximum absolute atomic E-state index is 5.89. The zero-order valence-corrected chi connectivity index (χ0v) is 21.1. The van der Waals surface area contributed by atoms with Crippen molar-refractivity contribution in [3.8, 4) is 11.5 Å². The molecule has 33 heavy (non-hydrogen) atoms. The number of hydrogen-bond donors (Lipinski definition) is 0. The van der Waals surface area contributed by atoms with Crippen LogP contribution in [0.3, 0.4) is 0 Å². The number of rotatable bonds is 19. The fourth-order valence-corrected chi connectivity index (χ4v) is 3.88. The van der Waals surface area contributed by atoms with Crippen LogP contribution in [0.25, 0.3) is 0 Å². The summed E-state index contributed by atoms with van der Waals surface area (Å²) in [5.41, 5.74) is 2.26. The molecule has 0 bridgehead atoms. The van der Waals surface area contributed by atoms with Gasteiger partial charge in [0.05, 0.1) is 6.61 Å². The molecule has 2 rings (SSSR count). The van der Waals surface area contributed by atoms with E-state index in [1.54, 1.807) is 0 Å². The molecule has 0 N–H and O–H groups in total. The molecule has 0 aliphatic heterocycles. The minimum atomic E-state index is 0.554. The number of hydrogen-bond acceptors (Lipinski definition) is 3. The number of benzene rings is 2. The highest BCUT2D eigenvalue weighted by molar-refractivity contribution is 5.79. The van der Waals surface area contributed by atoms with Crippen LogP contribution in [0.2, 0.25) is 0 Å². The zero-order chi connectivity index (χ0) is 23.4. The smallest absolute Gasteiger partial charge is 0.119 e. The van der Waals surface area contributed by atoms with E-state index >= 15 is 0 Å². The molecule has 0 radical (unpaired) electrons. The van der Waals surface area contributed by atoms with Crippen molar-refractivity contribution in [2.75, 3.05) is 13.2 Å². The minimum Gasteiger partial charge on any atom is -0.494 e. The quantitative estimate of drug-likeness (QED) is 0.158. The third-order valence-corrected chi connectivity index (χ3v) is 5.90. The summed E-state index contributed by atoms with van der Waals surface area (Å²) in [5.74, 6) is 1.77. The SMILES string of the molecule is CCCCCCCCCCCCCCN=Cc1ccc(OCc2ccc(OCC)cc2)cc1. The first-order chi connectivity index (χ1) is 16.3. The Morgan fingerprint density at radius 3 is 1.70 bits per heavy atom. The third-order valence-electron chi connectivity index (χ3n) is 5.90. The summed E-state index contributed by atoms with van der Waals surface area (Å²) in [7, 11) is 0. The predicted octanol–water partition coefficient (Wildman–Crippen LogP) is 8.78. The molecule has 0 aromatic heterocycles. The first-order valence-corrected chi connectivity index (χ1v) is 13.3. The Kier molecular flexibility index (Phi) is 14.8. The van der Waals surface area contributed by atoms with Crippen molar-refractivity contribution in [2.24, 2.45) is 4.99 Å². The molecule has 0 spiro atoms. The summed E-state index contributed by atoms with van der Waals surface area (Å²) in [6.07, 6.45) is 18.5. The highest BCUT2D eigenvalue weighted by Crippen LogP contribution is 2.16. The molecule has 0 aliphatic rings. The number of nitrogens with zero attached hydrogens (tertiary/aromatic N) is 1. The van der Waals surface area contributed by atoms with Crippen molar-refractivity contribution in [2.45, 2.75) is 97.5 Å². The lowest BCUT2D eigenvalue weighted by Gasteiger charge is -2.08. The van der Waals surface area contributed by atoms with Gasteiger partial charge in [-0.2, -0.15) is 0 Å². The first-order valence-electron chi connectivity index (χ1n) is 13.3. The summed E-state index contributed by atoms with van der Waals surface area (Å²) in [6.45, 7) is 6.44. The van der Waals surface area contributed by atoms with Crippen LogP contribution in [0.5, 0.6) is 11.5 Å². The molecule has 0 saturated heterocycles. The van der Waals surface area contributed by atoms with E-state index in [0.717, 1.165) is 29.2 Å². The van der Waals surface area contributed by atoms with Gasteiger partial charge in [-0.05, 0) is 60.9 Å². The van der Waals surface area contributed by atoms with Gasteiger partial charge in [-0.1, -0.05) is 89.7 Å². The fourth-order valence-electron chi connectivity index (χ4n) is 3.88. The van der Waals surface area contributed by atoms with E-state index in [1.165, 1.54) is 77.0 Å². The molecule has 3 heteroatoms. The van der Waals surface area contributed by atoms with Gasteiger partial charge >= 0.3 is 0 Å². The Labute approximate surface area is 202 Å². The second-order valence-corrected chi connectivity index (χ2v) is 8.86. The maximum Gasteiger partial charge on any atom is 0.119 e. The highest BCUT2D eigenvalue weighted by atomic mass is 16.5. The van der Waals surface area contributed by atoms with Gasteiger partial charge in [0.15, 0.2) is 0 Å². The van der Waals surface area contributed by atoms with Crippen molar-refractivity contribution in [3.63, 3.8) is 0 Å². The Balaban J connectivity index is 1.49. The molecule has 0 amide bonds. The van der Waals surface area contributed by atoms with E-state index in [2.05, 4.69) is 24.0 Å². The first kappa shape index (κ1) is 27.0. The van der Waals surface area contributed by atoms with Crippen LogP contribution in [-0.2, 0) is 6.61 Å². The van der Waals surface area contributed by atoms with Gasteiger partial charge in [-0.25, -0.2) is 0 Å². The van der Waals surface area contributed by atoms with Gasteiger partial charge in [0.1, 0.15) is 18.1 Å². The normalized spacial score (nSPS) is 11.2. The second kappa shape index (κ2) is 18.2. The van der Waals surface area contributed by atoms with Crippen LogP contribution in [0.15, 0.2) is 53.5 Å². The lowest BCUT2D eigenvalue weighted by molar-refractivity contribution is 0.305. The fraction of sp³-hybridized carbons (Fsp3) is 0.567. The van der Waals surface area contributed by atoms with Crippen LogP contribution < -0.4 is 9.47 Å². The van der Waals surface area contributed by atoms with Crippen molar-refractivity contribution >= 4 is 6.21 Å². The van der Waals surface area contributed by atoms with Gasteiger partial charge in [0, 0.05) is 12.8 Å². The van der Waals surface area contributed by atoms with Crippen molar-refractivity contribution in [1.29, 1.82) is 0 Å². The molecule has 0 unspecified atom stereocenters. The van der Waals surface area contributed by atoms with Gasteiger partial charge < -0.3 is 9.47 Å². The largest absolute Gasteiger partial charge is 0.494 e. The molecule has 0 aliphatic carbocycles. The van der Waals surface area contributed by atoms with Crippen LogP contribution in [0.1, 0.15) is 102 Å². The molecular weight excluding hydrogens is 406 g/mol. The van der Waals surface area contributed by atoms with E-state index in [0.29, 0.717) is 13.2 Å². The molecule has 0 atom stereocenters. The van der Waals surface area contributed by atoms with Crippen molar-refractivity contribution < 1.29 is 9.47 Å². The summed E-state index contributed by atoms with van der Waals surface area (Å²) < 4.78 is 11.4. The number of ether oxygens (including phenoxy) is 2. The topological polar surface area (TPSA) is 30.8 Å². The van der Waals surface area contributed by atoms with Crippen molar-refractivity contribution in [1.82, 2.24) is 0 Å². The molecule has 3 nitrogen and oxygen atoms in total. The number of unbranched alkanes of at least 4 members (excludes halogenated alkanes) is 11. The predicted molar refractivity (Wildman–Crippen MR) is 142 cm³/mol. The van der Waals surface area contributed by atoms with Gasteiger partial charge in [-0.15, -0.1) is 0 Å². The number of aliphatic imine (C=N–C) groups is 1. The molecule has 2 aromatic rings. The Morgan fingerprint density at radius 1 is 0.606 bits per heavy atom. The highest BCUT2D eigenvalue weighted by Gasteiger charge is 1.98. The average molecular weight is 452 g/mol. The standard InChI is InChI=1S/C30H45NO2/c1-3-5-6-7-8-9-10-11-12-13-14-15-24-31-25-27-16-20-30(21-17-27)33-26-28-18-22-29(23-19-28)32-4-2/h16-23,25H,3-15,24,26H2,1-2H3. The van der Waals surface area contributed by atoms with E-state index in [-0.39, 0.29) is 0 Å². The van der Waals surface area contributed by atoms with E-state index in [4.69, 9.17) is 9.47 Å². The molecule has 0 saturated carbocycles. The zero-order valence-electron chi connectivity index (χ0n) is 21.1. The second-order valence-electron chi connectivity index (χ2n) is 8.86. The third kappa shape index (κ3) is 13.1. The summed E-state index contributed by atoms with van der Waals surface area (Å²) in [5, 5.41) is 0. The van der Waals surface area contributed by atoms with E-state index < -0.39 is 0 Å². The lowest BCUT2D eigenvalue weighted by atomic mass is 10.1. The monoisotopic (exact) mass is 451 g/mol. The molecule has 0 fully saturated rings. The van der Waals surface area contributed by atoms with Crippen LogP contribution in [0.4, 0.5) is 0 Å². The Morgan fingerprint density at radius 2 is 1.12 bits per heavy atom. The summed E-state index contributed by atoms with van der Waals surface area (Å²) >= 11 is 0. The van der Waals surface area contributed by atoms with Crippen LogP contribution in [-0.4, -0.2) is 19.4 Å². The summed E-state index contributed by atoms with van der Waals surface area (Å²) in [6, 6.07) is 16.2. The van der Waals surface area contributed by atoms with Gasteiger partial charge in [0.2, 0.25) is 0 Å². The Hall–Kier alpha value is -2.29. The lowest BCUT2D eigenvalue weighted by Crippen LogP contribution is -1.96. The molecule has 0 heterocycles. The maximum atomic E-state index is 5.89. The van der Waals surface area contributed by atoms with Crippen LogP contribution in [0, 0.1) is 0 Å². The van der Waals surface area contributed by atoms with Gasteiger partial charge in [0.25, 0.3) is 0 Å².